The normalized spacial score (nSPS) is 18.0. The first kappa shape index (κ1) is 20.2. The van der Waals surface area contributed by atoms with E-state index in [1.807, 2.05) is 39.0 Å². The summed E-state index contributed by atoms with van der Waals surface area (Å²) in [5.41, 5.74) is 3.32. The van der Waals surface area contributed by atoms with E-state index in [0.717, 1.165) is 23.1 Å². The van der Waals surface area contributed by atoms with Crippen LogP contribution in [0, 0.1) is 13.8 Å². The van der Waals surface area contributed by atoms with Crippen molar-refractivity contribution in [3.05, 3.63) is 58.7 Å². The van der Waals surface area contributed by atoms with Crippen LogP contribution in [0.5, 0.6) is 5.75 Å². The summed E-state index contributed by atoms with van der Waals surface area (Å²) >= 11 is 0. The van der Waals surface area contributed by atoms with Crippen LogP contribution in [0.2, 0.25) is 0 Å². The zero-order valence-corrected chi connectivity index (χ0v) is 17.6. The van der Waals surface area contributed by atoms with Crippen molar-refractivity contribution >= 4 is 21.6 Å². The molecule has 0 radical (unpaired) electrons. The predicted octanol–water partition coefficient (Wildman–Crippen LogP) is 3.71. The largest absolute Gasteiger partial charge is 0.487 e. The van der Waals surface area contributed by atoms with Crippen molar-refractivity contribution in [2.75, 3.05) is 11.0 Å². The van der Waals surface area contributed by atoms with Crippen molar-refractivity contribution in [2.45, 2.75) is 45.8 Å². The van der Waals surface area contributed by atoms with E-state index >= 15 is 0 Å². The summed E-state index contributed by atoms with van der Waals surface area (Å²) in [6, 6.07) is 10.7. The van der Waals surface area contributed by atoms with Crippen molar-refractivity contribution in [3.63, 3.8) is 0 Å². The summed E-state index contributed by atoms with van der Waals surface area (Å²) in [5.74, 6) is 0.584. The highest BCUT2D eigenvalue weighted by Crippen LogP contribution is 2.40. The number of amides is 1. The number of hydrogen-bond acceptors (Lipinski definition) is 4. The monoisotopic (exact) mass is 402 g/mol. The number of carbonyl (C=O) groups is 1. The molecule has 3 rings (SSSR count). The van der Waals surface area contributed by atoms with E-state index < -0.39 is 10.0 Å². The highest BCUT2D eigenvalue weighted by Gasteiger charge is 2.34. The van der Waals surface area contributed by atoms with Gasteiger partial charge in [-0.25, -0.2) is 8.42 Å². The van der Waals surface area contributed by atoms with Gasteiger partial charge in [-0.3, -0.25) is 9.52 Å². The van der Waals surface area contributed by atoms with Crippen LogP contribution in [0.1, 0.15) is 53.4 Å². The maximum atomic E-state index is 12.9. The fourth-order valence-corrected chi connectivity index (χ4v) is 4.09. The number of fused-ring (bicyclic) bond motifs is 1. The van der Waals surface area contributed by atoms with E-state index in [1.54, 1.807) is 25.1 Å². The molecule has 0 aromatic heterocycles. The van der Waals surface area contributed by atoms with Gasteiger partial charge in [-0.2, -0.15) is 0 Å². The van der Waals surface area contributed by atoms with E-state index in [1.165, 1.54) is 0 Å². The molecule has 0 saturated carbocycles. The Bertz CT molecular complexity index is 1030. The molecule has 1 aliphatic heterocycles. The van der Waals surface area contributed by atoms with E-state index in [0.29, 0.717) is 23.2 Å². The van der Waals surface area contributed by atoms with Gasteiger partial charge in [-0.15, -0.1) is 0 Å². The first-order chi connectivity index (χ1) is 12.9. The minimum atomic E-state index is -3.37. The number of sulfonamides is 1. The Balaban J connectivity index is 1.85. The SMILES string of the molecule is Cc1ccc2c(c1)C(NC(=O)c1ccc(NS(C)(=O)=O)c(C)c1)CC(C)(C)O2. The number of ether oxygens (including phenoxy) is 1. The standard InChI is InChI=1S/C21H26N2O4S/c1-13-6-9-19-16(10-13)18(12-21(3,4)27-19)22-20(24)15-7-8-17(14(2)11-15)23-28(5,25)26/h6-11,18,23H,12H2,1-5H3,(H,22,24). The third kappa shape index (κ3) is 4.65. The van der Waals surface area contributed by atoms with Gasteiger partial charge in [0, 0.05) is 17.5 Å². The number of nitrogens with one attached hydrogen (secondary N) is 2. The van der Waals surface area contributed by atoms with Gasteiger partial charge >= 0.3 is 0 Å². The molecule has 1 aliphatic rings. The lowest BCUT2D eigenvalue weighted by molar-refractivity contribution is 0.0619. The van der Waals surface area contributed by atoms with Gasteiger partial charge in [0.2, 0.25) is 10.0 Å². The first-order valence-corrected chi connectivity index (χ1v) is 11.0. The van der Waals surface area contributed by atoms with E-state index in [-0.39, 0.29) is 17.6 Å². The first-order valence-electron chi connectivity index (χ1n) is 9.12. The topological polar surface area (TPSA) is 84.5 Å². The van der Waals surface area contributed by atoms with E-state index in [4.69, 9.17) is 4.74 Å². The molecule has 6 nitrogen and oxygen atoms in total. The van der Waals surface area contributed by atoms with Crippen molar-refractivity contribution in [2.24, 2.45) is 0 Å². The number of carbonyl (C=O) groups excluding carboxylic acids is 1. The molecule has 1 unspecified atom stereocenters. The van der Waals surface area contributed by atoms with Crippen LogP contribution < -0.4 is 14.8 Å². The Labute approximate surface area is 166 Å². The van der Waals surface area contributed by atoms with Crippen LogP contribution in [-0.2, 0) is 10.0 Å². The number of anilines is 1. The van der Waals surface area contributed by atoms with Crippen molar-refractivity contribution in [1.82, 2.24) is 5.32 Å². The van der Waals surface area contributed by atoms with Crippen LogP contribution >= 0.6 is 0 Å². The number of aryl methyl sites for hydroxylation is 2. The molecule has 1 atom stereocenters. The highest BCUT2D eigenvalue weighted by molar-refractivity contribution is 7.92. The van der Waals surface area contributed by atoms with Crippen LogP contribution in [0.25, 0.3) is 0 Å². The molecule has 2 aromatic rings. The van der Waals surface area contributed by atoms with Crippen LogP contribution in [0.15, 0.2) is 36.4 Å². The average molecular weight is 403 g/mol. The molecule has 150 valence electrons. The minimum Gasteiger partial charge on any atom is -0.487 e. The number of hydrogen-bond donors (Lipinski definition) is 2. The quantitative estimate of drug-likeness (QED) is 0.817. The predicted molar refractivity (Wildman–Crippen MR) is 110 cm³/mol. The fraction of sp³-hybridized carbons (Fsp3) is 0.381. The number of rotatable bonds is 4. The van der Waals surface area contributed by atoms with Gasteiger partial charge in [0.1, 0.15) is 11.4 Å². The molecule has 1 amide bonds. The second kappa shape index (κ2) is 7.13. The zero-order chi connectivity index (χ0) is 20.7. The lowest BCUT2D eigenvalue weighted by Gasteiger charge is -2.38. The molecular formula is C21H26N2O4S. The Hall–Kier alpha value is -2.54. The molecule has 2 aromatic carbocycles. The Morgan fingerprint density at radius 3 is 2.50 bits per heavy atom. The lowest BCUT2D eigenvalue weighted by Crippen LogP contribution is -2.41. The summed E-state index contributed by atoms with van der Waals surface area (Å²) in [6.45, 7) is 7.78. The molecular weight excluding hydrogens is 376 g/mol. The molecule has 1 heterocycles. The summed E-state index contributed by atoms with van der Waals surface area (Å²) < 4.78 is 31.4. The second-order valence-electron chi connectivity index (χ2n) is 8.04. The third-order valence-corrected chi connectivity index (χ3v) is 5.30. The lowest BCUT2D eigenvalue weighted by atomic mass is 9.88. The van der Waals surface area contributed by atoms with Gasteiger partial charge in [0.05, 0.1) is 18.0 Å². The molecule has 0 bridgehead atoms. The van der Waals surface area contributed by atoms with E-state index in [9.17, 15) is 13.2 Å². The van der Waals surface area contributed by atoms with Gasteiger partial charge < -0.3 is 10.1 Å². The van der Waals surface area contributed by atoms with E-state index in [2.05, 4.69) is 10.0 Å². The molecule has 0 saturated heterocycles. The van der Waals surface area contributed by atoms with Gasteiger partial charge in [0.25, 0.3) is 5.91 Å². The summed E-state index contributed by atoms with van der Waals surface area (Å²) in [6.07, 6.45) is 1.75. The smallest absolute Gasteiger partial charge is 0.251 e. The average Bonchev–Trinajstić information content (AvgIpc) is 2.55. The van der Waals surface area contributed by atoms with Gasteiger partial charge in [-0.05, 0) is 57.5 Å². The Morgan fingerprint density at radius 1 is 1.14 bits per heavy atom. The molecule has 7 heteroatoms. The summed E-state index contributed by atoms with van der Waals surface area (Å²) in [7, 11) is -3.37. The summed E-state index contributed by atoms with van der Waals surface area (Å²) in [5, 5.41) is 3.11. The van der Waals surface area contributed by atoms with Crippen LogP contribution in [0.3, 0.4) is 0 Å². The zero-order valence-electron chi connectivity index (χ0n) is 16.8. The van der Waals surface area contributed by atoms with Crippen molar-refractivity contribution in [3.8, 4) is 5.75 Å². The maximum Gasteiger partial charge on any atom is 0.251 e. The van der Waals surface area contributed by atoms with Crippen molar-refractivity contribution < 1.29 is 17.9 Å². The van der Waals surface area contributed by atoms with Crippen LogP contribution in [0.4, 0.5) is 5.69 Å². The van der Waals surface area contributed by atoms with Crippen LogP contribution in [-0.4, -0.2) is 26.2 Å². The highest BCUT2D eigenvalue weighted by atomic mass is 32.2. The molecule has 2 N–H and O–H groups in total. The number of benzene rings is 2. The summed E-state index contributed by atoms with van der Waals surface area (Å²) in [4.78, 5) is 12.9. The maximum absolute atomic E-state index is 12.9. The fourth-order valence-electron chi connectivity index (χ4n) is 3.46. The minimum absolute atomic E-state index is 0.166. The van der Waals surface area contributed by atoms with Gasteiger partial charge in [0.15, 0.2) is 0 Å². The molecule has 0 fully saturated rings. The Kier molecular flexibility index (Phi) is 5.14. The third-order valence-electron chi connectivity index (χ3n) is 4.71. The van der Waals surface area contributed by atoms with Gasteiger partial charge in [-0.1, -0.05) is 17.7 Å². The molecule has 0 aliphatic carbocycles. The second-order valence-corrected chi connectivity index (χ2v) is 9.79. The molecule has 0 spiro atoms. The van der Waals surface area contributed by atoms with Crippen molar-refractivity contribution in [1.29, 1.82) is 0 Å². The molecule has 28 heavy (non-hydrogen) atoms. The Morgan fingerprint density at radius 2 is 1.86 bits per heavy atom.